The van der Waals surface area contributed by atoms with Crippen molar-refractivity contribution in [3.63, 3.8) is 0 Å². The zero-order valence-corrected chi connectivity index (χ0v) is 16.0. The third-order valence-corrected chi connectivity index (χ3v) is 5.01. The van der Waals surface area contributed by atoms with Crippen LogP contribution in [0.2, 0.25) is 15.1 Å². The topological polar surface area (TPSA) is 63.4 Å². The van der Waals surface area contributed by atoms with Gasteiger partial charge in [-0.3, -0.25) is 14.4 Å². The highest BCUT2D eigenvalue weighted by Gasteiger charge is 2.34. The van der Waals surface area contributed by atoms with Gasteiger partial charge in [0.1, 0.15) is 18.4 Å². The van der Waals surface area contributed by atoms with Gasteiger partial charge >= 0.3 is 0 Å². The number of benzene rings is 2. The zero-order chi connectivity index (χ0) is 19.0. The monoisotopic (exact) mass is 419 g/mol. The maximum absolute atomic E-state index is 12.7. The zero-order valence-electron chi connectivity index (χ0n) is 13.8. The fraction of sp³-hybridized carbons (Fsp3) is 0.111. The van der Waals surface area contributed by atoms with Crippen LogP contribution in [-0.4, -0.2) is 26.4 Å². The number of carbonyl (C=O) groups is 1. The minimum Gasteiger partial charge on any atom is -0.267 e. The molecule has 6 nitrogen and oxygen atoms in total. The van der Waals surface area contributed by atoms with E-state index in [-0.39, 0.29) is 11.9 Å². The predicted molar refractivity (Wildman–Crippen MR) is 106 cm³/mol. The Morgan fingerprint density at radius 2 is 1.63 bits per heavy atom. The summed E-state index contributed by atoms with van der Waals surface area (Å²) >= 11 is 18.4. The molecule has 1 unspecified atom stereocenters. The van der Waals surface area contributed by atoms with Gasteiger partial charge in [0.15, 0.2) is 0 Å². The number of nitrogens with zero attached hydrogens (tertiary/aromatic N) is 5. The lowest BCUT2D eigenvalue weighted by Crippen LogP contribution is -2.20. The summed E-state index contributed by atoms with van der Waals surface area (Å²) in [6, 6.07) is 12.4. The molecular formula is C18H12Cl3N5O. The Bertz CT molecular complexity index is 1020. The van der Waals surface area contributed by atoms with Gasteiger partial charge < -0.3 is 0 Å². The second-order valence-electron chi connectivity index (χ2n) is 5.93. The molecule has 136 valence electrons. The van der Waals surface area contributed by atoms with Gasteiger partial charge in [-0.25, -0.2) is 0 Å². The number of rotatable bonds is 3. The highest BCUT2D eigenvalue weighted by Crippen LogP contribution is 2.40. The van der Waals surface area contributed by atoms with Gasteiger partial charge in [-0.05, 0) is 35.9 Å². The van der Waals surface area contributed by atoms with Crippen molar-refractivity contribution in [2.75, 3.05) is 5.01 Å². The molecule has 0 bridgehead atoms. The number of anilines is 1. The van der Waals surface area contributed by atoms with Crippen molar-refractivity contribution in [3.8, 4) is 0 Å². The summed E-state index contributed by atoms with van der Waals surface area (Å²) in [4.78, 5) is 12.7. The number of hydrazone groups is 1. The Morgan fingerprint density at radius 3 is 2.30 bits per heavy atom. The predicted octanol–water partition coefficient (Wildman–Crippen LogP) is 4.89. The van der Waals surface area contributed by atoms with Gasteiger partial charge in [0.25, 0.3) is 5.91 Å². The first-order valence-electron chi connectivity index (χ1n) is 7.99. The summed E-state index contributed by atoms with van der Waals surface area (Å²) < 4.78 is 1.30. The number of hydrogen-bond donors (Lipinski definition) is 0. The molecule has 1 aliphatic heterocycles. The SMILES string of the molecule is O=C(C1=NN(c2ccc(Cl)cc2Cl)C(c2ccc(Cl)cc2)C1)n1cnnc1. The molecule has 0 saturated heterocycles. The molecule has 9 heteroatoms. The number of aromatic nitrogens is 3. The van der Waals surface area contributed by atoms with E-state index in [0.29, 0.717) is 32.9 Å². The van der Waals surface area contributed by atoms with E-state index in [1.165, 1.54) is 17.2 Å². The number of halogens is 3. The van der Waals surface area contributed by atoms with Gasteiger partial charge in [0, 0.05) is 16.5 Å². The maximum atomic E-state index is 12.7. The third-order valence-electron chi connectivity index (χ3n) is 4.22. The lowest BCUT2D eigenvalue weighted by Gasteiger charge is -2.25. The van der Waals surface area contributed by atoms with Crippen LogP contribution in [0, 0.1) is 0 Å². The molecule has 0 radical (unpaired) electrons. The van der Waals surface area contributed by atoms with E-state index in [2.05, 4.69) is 15.3 Å². The van der Waals surface area contributed by atoms with Gasteiger partial charge in [-0.2, -0.15) is 5.10 Å². The molecule has 3 aromatic rings. The summed E-state index contributed by atoms with van der Waals surface area (Å²) in [5, 5.41) is 15.2. The molecule has 0 amide bonds. The fourth-order valence-electron chi connectivity index (χ4n) is 2.93. The molecule has 27 heavy (non-hydrogen) atoms. The van der Waals surface area contributed by atoms with Crippen LogP contribution in [-0.2, 0) is 0 Å². The Balaban J connectivity index is 1.76. The molecular weight excluding hydrogens is 409 g/mol. The minimum atomic E-state index is -0.286. The lowest BCUT2D eigenvalue weighted by molar-refractivity contribution is 0.0987. The minimum absolute atomic E-state index is 0.212. The average molecular weight is 421 g/mol. The second kappa shape index (κ2) is 7.31. The second-order valence-corrected chi connectivity index (χ2v) is 7.21. The summed E-state index contributed by atoms with van der Waals surface area (Å²) in [5.74, 6) is -0.286. The lowest BCUT2D eigenvalue weighted by atomic mass is 10.0. The van der Waals surface area contributed by atoms with E-state index in [1.807, 2.05) is 12.1 Å². The average Bonchev–Trinajstić information content (AvgIpc) is 3.32. The van der Waals surface area contributed by atoms with Crippen LogP contribution in [0.25, 0.3) is 0 Å². The third kappa shape index (κ3) is 3.56. The molecule has 1 aromatic heterocycles. The van der Waals surface area contributed by atoms with E-state index >= 15 is 0 Å². The van der Waals surface area contributed by atoms with Crippen molar-refractivity contribution >= 4 is 52.1 Å². The number of hydrogen-bond acceptors (Lipinski definition) is 5. The van der Waals surface area contributed by atoms with Crippen molar-refractivity contribution in [1.29, 1.82) is 0 Å². The standard InChI is InChI=1S/C18H12Cl3N5O/c19-12-3-1-11(2-4-12)17-8-15(18(27)25-9-22-23-10-25)24-26(17)16-6-5-13(20)7-14(16)21/h1-7,9-10,17H,8H2. The molecule has 4 rings (SSSR count). The summed E-state index contributed by atoms with van der Waals surface area (Å²) in [6.45, 7) is 0. The Hall–Kier alpha value is -2.41. The van der Waals surface area contributed by atoms with Crippen molar-refractivity contribution < 1.29 is 4.79 Å². The molecule has 0 saturated carbocycles. The van der Waals surface area contributed by atoms with Crippen LogP contribution in [0.4, 0.5) is 5.69 Å². The Labute approximate surface area is 170 Å². The van der Waals surface area contributed by atoms with Gasteiger partial charge in [-0.15, -0.1) is 10.2 Å². The molecule has 2 heterocycles. The molecule has 2 aromatic carbocycles. The van der Waals surface area contributed by atoms with Crippen LogP contribution < -0.4 is 5.01 Å². The highest BCUT2D eigenvalue weighted by atomic mass is 35.5. The van der Waals surface area contributed by atoms with Gasteiger partial charge in [0.2, 0.25) is 0 Å². The van der Waals surface area contributed by atoms with Crippen molar-refractivity contribution in [2.24, 2.45) is 5.10 Å². The fourth-order valence-corrected chi connectivity index (χ4v) is 3.55. The summed E-state index contributed by atoms with van der Waals surface area (Å²) in [6.07, 6.45) is 3.09. The van der Waals surface area contributed by atoms with E-state index in [4.69, 9.17) is 34.8 Å². The van der Waals surface area contributed by atoms with Crippen LogP contribution in [0.3, 0.4) is 0 Å². The van der Waals surface area contributed by atoms with Crippen LogP contribution in [0.1, 0.15) is 22.8 Å². The normalized spacial score (nSPS) is 16.5. The van der Waals surface area contributed by atoms with E-state index in [0.717, 1.165) is 5.56 Å². The van der Waals surface area contributed by atoms with Crippen molar-refractivity contribution in [3.05, 3.63) is 75.8 Å². The molecule has 0 spiro atoms. The van der Waals surface area contributed by atoms with Crippen LogP contribution in [0.15, 0.2) is 60.2 Å². The Morgan fingerprint density at radius 1 is 0.963 bits per heavy atom. The first kappa shape index (κ1) is 18.0. The smallest absolute Gasteiger partial charge is 0.267 e. The van der Waals surface area contributed by atoms with Crippen LogP contribution in [0.5, 0.6) is 0 Å². The largest absolute Gasteiger partial charge is 0.280 e. The van der Waals surface area contributed by atoms with E-state index in [9.17, 15) is 4.79 Å². The van der Waals surface area contributed by atoms with Gasteiger partial charge in [-0.1, -0.05) is 46.9 Å². The van der Waals surface area contributed by atoms with E-state index in [1.54, 1.807) is 35.3 Å². The number of carbonyl (C=O) groups excluding carboxylic acids is 1. The molecule has 1 aliphatic rings. The molecule has 0 fully saturated rings. The van der Waals surface area contributed by atoms with Crippen molar-refractivity contribution in [1.82, 2.24) is 14.8 Å². The molecule has 0 aliphatic carbocycles. The first-order valence-corrected chi connectivity index (χ1v) is 9.13. The van der Waals surface area contributed by atoms with Crippen molar-refractivity contribution in [2.45, 2.75) is 12.5 Å². The maximum Gasteiger partial charge on any atom is 0.280 e. The first-order chi connectivity index (χ1) is 13.0. The summed E-state index contributed by atoms with van der Waals surface area (Å²) in [5.41, 5.74) is 1.99. The summed E-state index contributed by atoms with van der Waals surface area (Å²) in [7, 11) is 0. The molecule has 0 N–H and O–H groups in total. The highest BCUT2D eigenvalue weighted by molar-refractivity contribution is 6.41. The quantitative estimate of drug-likeness (QED) is 0.605. The van der Waals surface area contributed by atoms with Gasteiger partial charge in [0.05, 0.1) is 16.8 Å². The molecule has 1 atom stereocenters. The van der Waals surface area contributed by atoms with Crippen LogP contribution >= 0.6 is 34.8 Å². The Kier molecular flexibility index (Phi) is 4.86. The van der Waals surface area contributed by atoms with E-state index < -0.39 is 0 Å².